The van der Waals surface area contributed by atoms with E-state index in [1.807, 2.05) is 17.5 Å². The number of ether oxygens (including phenoxy) is 2. The van der Waals surface area contributed by atoms with Crippen molar-refractivity contribution in [1.29, 1.82) is 0 Å². The second kappa shape index (κ2) is 10.0. The molecule has 1 aromatic heterocycles. The first-order valence-electron chi connectivity index (χ1n) is 10.8. The molecule has 1 aliphatic rings. The summed E-state index contributed by atoms with van der Waals surface area (Å²) in [7, 11) is 1.51. The van der Waals surface area contributed by atoms with Gasteiger partial charge in [0.15, 0.2) is 23.9 Å². The Balaban J connectivity index is 1.49. The SMILES string of the molecule is COc1cc(C(C)=O)ccc1OCC(=O)NC(c1ccc2c(c1)CCCC2)c1cccs1. The van der Waals surface area contributed by atoms with Gasteiger partial charge in [0.1, 0.15) is 0 Å². The topological polar surface area (TPSA) is 64.6 Å². The standard InChI is InChI=1S/C26H27NO4S/c1-17(28)19-11-12-22(23(15-19)30-2)31-16-25(29)27-26(24-8-5-13-32-24)21-10-9-18-6-3-4-7-20(18)14-21/h5,8-15,26H,3-4,6-7,16H2,1-2H3,(H,27,29). The smallest absolute Gasteiger partial charge is 0.258 e. The van der Waals surface area contributed by atoms with Gasteiger partial charge in [-0.05, 0) is 78.9 Å². The largest absolute Gasteiger partial charge is 0.493 e. The molecule has 1 unspecified atom stereocenters. The van der Waals surface area contributed by atoms with E-state index in [4.69, 9.17) is 9.47 Å². The molecule has 0 spiro atoms. The third-order valence-electron chi connectivity index (χ3n) is 5.77. The zero-order valence-corrected chi connectivity index (χ0v) is 19.2. The minimum absolute atomic E-state index is 0.0589. The van der Waals surface area contributed by atoms with Crippen molar-refractivity contribution in [1.82, 2.24) is 5.32 Å². The Morgan fingerprint density at radius 1 is 1.03 bits per heavy atom. The number of amides is 1. The summed E-state index contributed by atoms with van der Waals surface area (Å²) in [5.74, 6) is 0.569. The Hall–Kier alpha value is -3.12. The zero-order valence-electron chi connectivity index (χ0n) is 18.4. The lowest BCUT2D eigenvalue weighted by Gasteiger charge is -2.22. The maximum atomic E-state index is 12.8. The molecule has 1 heterocycles. The molecule has 2 aromatic carbocycles. The molecular formula is C26H27NO4S. The average Bonchev–Trinajstić information content (AvgIpc) is 3.35. The highest BCUT2D eigenvalue weighted by Gasteiger charge is 2.21. The fourth-order valence-corrected chi connectivity index (χ4v) is 4.86. The van der Waals surface area contributed by atoms with Crippen LogP contribution in [0.4, 0.5) is 0 Å². The Morgan fingerprint density at radius 3 is 2.56 bits per heavy atom. The first kappa shape index (κ1) is 22.1. The molecule has 1 N–H and O–H groups in total. The highest BCUT2D eigenvalue weighted by Crippen LogP contribution is 2.31. The molecule has 0 fully saturated rings. The van der Waals surface area contributed by atoms with E-state index in [1.165, 1.54) is 38.0 Å². The van der Waals surface area contributed by atoms with Gasteiger partial charge in [0, 0.05) is 10.4 Å². The van der Waals surface area contributed by atoms with Gasteiger partial charge >= 0.3 is 0 Å². The van der Waals surface area contributed by atoms with E-state index in [0.29, 0.717) is 17.1 Å². The zero-order chi connectivity index (χ0) is 22.5. The number of benzene rings is 2. The minimum Gasteiger partial charge on any atom is -0.493 e. The van der Waals surface area contributed by atoms with Crippen LogP contribution in [0.15, 0.2) is 53.9 Å². The molecule has 0 aliphatic heterocycles. The van der Waals surface area contributed by atoms with Gasteiger partial charge in [-0.25, -0.2) is 0 Å². The molecule has 1 amide bonds. The van der Waals surface area contributed by atoms with Gasteiger partial charge < -0.3 is 14.8 Å². The van der Waals surface area contributed by atoms with Crippen LogP contribution in [0.1, 0.15) is 57.7 Å². The number of hydrogen-bond donors (Lipinski definition) is 1. The summed E-state index contributed by atoms with van der Waals surface area (Å²) in [4.78, 5) is 25.5. The van der Waals surface area contributed by atoms with Crippen molar-refractivity contribution in [2.45, 2.75) is 38.6 Å². The fraction of sp³-hybridized carbons (Fsp3) is 0.308. The predicted octanol–water partition coefficient (Wildman–Crippen LogP) is 5.12. The number of hydrogen-bond acceptors (Lipinski definition) is 5. The molecule has 0 saturated heterocycles. The van der Waals surface area contributed by atoms with Gasteiger partial charge in [0.05, 0.1) is 13.2 Å². The first-order valence-corrected chi connectivity index (χ1v) is 11.7. The van der Waals surface area contributed by atoms with Crippen LogP contribution >= 0.6 is 11.3 Å². The molecule has 32 heavy (non-hydrogen) atoms. The van der Waals surface area contributed by atoms with Gasteiger partial charge in [0.25, 0.3) is 5.91 Å². The predicted molar refractivity (Wildman–Crippen MR) is 126 cm³/mol. The number of nitrogens with one attached hydrogen (secondary N) is 1. The summed E-state index contributed by atoms with van der Waals surface area (Å²) in [6.07, 6.45) is 4.67. The molecule has 4 rings (SSSR count). The number of ketones is 1. The van der Waals surface area contributed by atoms with Gasteiger partial charge in [0.2, 0.25) is 0 Å². The van der Waals surface area contributed by atoms with E-state index in [-0.39, 0.29) is 24.3 Å². The van der Waals surface area contributed by atoms with Crippen molar-refractivity contribution in [3.8, 4) is 11.5 Å². The van der Waals surface area contributed by atoms with Crippen LogP contribution in [-0.2, 0) is 17.6 Å². The second-order valence-electron chi connectivity index (χ2n) is 7.96. The summed E-state index contributed by atoms with van der Waals surface area (Å²) in [6.45, 7) is 1.34. The lowest BCUT2D eigenvalue weighted by Crippen LogP contribution is -2.33. The van der Waals surface area contributed by atoms with Crippen LogP contribution in [0.5, 0.6) is 11.5 Å². The molecule has 3 aromatic rings. The van der Waals surface area contributed by atoms with Gasteiger partial charge in [-0.3, -0.25) is 9.59 Å². The Kier molecular flexibility index (Phi) is 6.90. The molecule has 0 bridgehead atoms. The summed E-state index contributed by atoms with van der Waals surface area (Å²) < 4.78 is 11.0. The van der Waals surface area contributed by atoms with E-state index < -0.39 is 0 Å². The van der Waals surface area contributed by atoms with Crippen LogP contribution in [0.2, 0.25) is 0 Å². The second-order valence-corrected chi connectivity index (χ2v) is 8.94. The maximum Gasteiger partial charge on any atom is 0.258 e. The highest BCUT2D eigenvalue weighted by atomic mass is 32.1. The van der Waals surface area contributed by atoms with Crippen molar-refractivity contribution < 1.29 is 19.1 Å². The van der Waals surface area contributed by atoms with Crippen molar-refractivity contribution in [2.24, 2.45) is 0 Å². The normalized spacial score (nSPS) is 13.7. The summed E-state index contributed by atoms with van der Waals surface area (Å²) in [5.41, 5.74) is 4.42. The van der Waals surface area contributed by atoms with Crippen molar-refractivity contribution >= 4 is 23.0 Å². The third kappa shape index (κ3) is 5.02. The van der Waals surface area contributed by atoms with Crippen LogP contribution in [-0.4, -0.2) is 25.4 Å². The molecular weight excluding hydrogens is 422 g/mol. The number of methoxy groups -OCH3 is 1. The maximum absolute atomic E-state index is 12.8. The number of fused-ring (bicyclic) bond motifs is 1. The number of rotatable bonds is 8. The van der Waals surface area contributed by atoms with E-state index in [9.17, 15) is 9.59 Å². The van der Waals surface area contributed by atoms with Gasteiger partial charge in [-0.2, -0.15) is 0 Å². The Bertz CT molecular complexity index is 1110. The molecule has 0 saturated carbocycles. The molecule has 1 aliphatic carbocycles. The van der Waals surface area contributed by atoms with Crippen LogP contribution in [0, 0.1) is 0 Å². The molecule has 0 radical (unpaired) electrons. The van der Waals surface area contributed by atoms with Crippen molar-refractivity contribution in [3.63, 3.8) is 0 Å². The third-order valence-corrected chi connectivity index (χ3v) is 6.70. The van der Waals surface area contributed by atoms with Gasteiger partial charge in [-0.15, -0.1) is 11.3 Å². The van der Waals surface area contributed by atoms with Crippen LogP contribution in [0.3, 0.4) is 0 Å². The van der Waals surface area contributed by atoms with E-state index in [2.05, 4.69) is 23.5 Å². The number of aryl methyl sites for hydroxylation is 2. The number of thiophene rings is 1. The number of carbonyl (C=O) groups excluding carboxylic acids is 2. The van der Waals surface area contributed by atoms with Crippen molar-refractivity contribution in [3.05, 3.63) is 81.0 Å². The lowest BCUT2D eigenvalue weighted by molar-refractivity contribution is -0.123. The first-order chi connectivity index (χ1) is 15.5. The molecule has 166 valence electrons. The highest BCUT2D eigenvalue weighted by molar-refractivity contribution is 7.10. The average molecular weight is 450 g/mol. The molecule has 1 atom stereocenters. The fourth-order valence-electron chi connectivity index (χ4n) is 4.06. The summed E-state index contributed by atoms with van der Waals surface area (Å²) in [6, 6.07) is 15.3. The molecule has 6 heteroatoms. The molecule has 5 nitrogen and oxygen atoms in total. The van der Waals surface area contributed by atoms with E-state index >= 15 is 0 Å². The van der Waals surface area contributed by atoms with Crippen LogP contribution in [0.25, 0.3) is 0 Å². The van der Waals surface area contributed by atoms with Crippen molar-refractivity contribution in [2.75, 3.05) is 13.7 Å². The number of carbonyl (C=O) groups is 2. The monoisotopic (exact) mass is 449 g/mol. The van der Waals surface area contributed by atoms with Crippen LogP contribution < -0.4 is 14.8 Å². The lowest BCUT2D eigenvalue weighted by atomic mass is 9.89. The quantitative estimate of drug-likeness (QED) is 0.485. The Labute approximate surface area is 192 Å². The number of Topliss-reactive ketones (excluding diaryl/α,β-unsaturated/α-hetero) is 1. The van der Waals surface area contributed by atoms with E-state index in [1.54, 1.807) is 29.5 Å². The summed E-state index contributed by atoms with van der Waals surface area (Å²) in [5, 5.41) is 5.15. The summed E-state index contributed by atoms with van der Waals surface area (Å²) >= 11 is 1.62. The van der Waals surface area contributed by atoms with E-state index in [0.717, 1.165) is 23.3 Å². The Morgan fingerprint density at radius 2 is 1.84 bits per heavy atom. The minimum atomic E-state index is -0.223. The van der Waals surface area contributed by atoms with Gasteiger partial charge in [-0.1, -0.05) is 24.3 Å².